The van der Waals surface area contributed by atoms with Crippen LogP contribution in [-0.4, -0.2) is 16.3 Å². The molecule has 1 aromatic carbocycles. The van der Waals surface area contributed by atoms with E-state index >= 15 is 0 Å². The summed E-state index contributed by atoms with van der Waals surface area (Å²) in [4.78, 5) is 0. The minimum absolute atomic E-state index is 0.765. The molecule has 4 heteroatoms. The highest BCUT2D eigenvalue weighted by atomic mass is 16.5. The summed E-state index contributed by atoms with van der Waals surface area (Å²) < 4.78 is 7.57. The van der Waals surface area contributed by atoms with Gasteiger partial charge >= 0.3 is 0 Å². The lowest BCUT2D eigenvalue weighted by Crippen LogP contribution is -2.11. The second-order valence-electron chi connectivity index (χ2n) is 4.33. The molecule has 0 saturated carbocycles. The number of ether oxygens (including phenoxy) is 1. The zero-order chi connectivity index (χ0) is 13.0. The summed E-state index contributed by atoms with van der Waals surface area (Å²) in [5.74, 6) is 1.65. The molecule has 0 fully saturated rings. The van der Waals surface area contributed by atoms with Crippen molar-refractivity contribution in [1.82, 2.24) is 15.1 Å². The van der Waals surface area contributed by atoms with Crippen LogP contribution >= 0.6 is 0 Å². The first-order valence-electron chi connectivity index (χ1n) is 6.16. The molecule has 0 saturated heterocycles. The highest BCUT2D eigenvalue weighted by molar-refractivity contribution is 5.39. The standard InChI is InChI=1S/C14H19N3O/c1-4-15-8-12-6-5-11(2)14(7-12)18-13-9-16-17(3)10-13/h5-7,9-10,15H,4,8H2,1-3H3. The number of benzene rings is 1. The van der Waals surface area contributed by atoms with E-state index in [4.69, 9.17) is 4.74 Å². The zero-order valence-corrected chi connectivity index (χ0v) is 11.1. The number of aryl methyl sites for hydroxylation is 2. The largest absolute Gasteiger partial charge is 0.454 e. The predicted octanol–water partition coefficient (Wildman–Crippen LogP) is 2.63. The van der Waals surface area contributed by atoms with Crippen LogP contribution in [0.2, 0.25) is 0 Å². The highest BCUT2D eigenvalue weighted by Gasteiger charge is 2.04. The third-order valence-corrected chi connectivity index (χ3v) is 2.74. The fraction of sp³-hybridized carbons (Fsp3) is 0.357. The lowest BCUT2D eigenvalue weighted by atomic mass is 10.1. The number of aromatic nitrogens is 2. The normalized spacial score (nSPS) is 10.6. The molecular weight excluding hydrogens is 226 g/mol. The summed E-state index contributed by atoms with van der Waals surface area (Å²) in [6.45, 7) is 5.97. The van der Waals surface area contributed by atoms with Gasteiger partial charge in [-0.3, -0.25) is 4.68 Å². The van der Waals surface area contributed by atoms with Crippen LogP contribution in [0.4, 0.5) is 0 Å². The Kier molecular flexibility index (Phi) is 3.99. The second kappa shape index (κ2) is 5.69. The average Bonchev–Trinajstić information content (AvgIpc) is 2.76. The molecule has 96 valence electrons. The molecule has 1 N–H and O–H groups in total. The molecular formula is C14H19N3O. The van der Waals surface area contributed by atoms with E-state index in [-0.39, 0.29) is 0 Å². The molecule has 0 aliphatic rings. The summed E-state index contributed by atoms with van der Waals surface area (Å²) in [5.41, 5.74) is 2.35. The van der Waals surface area contributed by atoms with Crippen LogP contribution in [0, 0.1) is 6.92 Å². The topological polar surface area (TPSA) is 39.1 Å². The fourth-order valence-corrected chi connectivity index (χ4v) is 1.71. The van der Waals surface area contributed by atoms with E-state index in [1.807, 2.05) is 20.2 Å². The van der Waals surface area contributed by atoms with E-state index in [9.17, 15) is 0 Å². The van der Waals surface area contributed by atoms with Crippen molar-refractivity contribution in [3.05, 3.63) is 41.7 Å². The molecule has 1 aromatic heterocycles. The molecule has 0 amide bonds. The number of nitrogens with zero attached hydrogens (tertiary/aromatic N) is 2. The van der Waals surface area contributed by atoms with E-state index < -0.39 is 0 Å². The van der Waals surface area contributed by atoms with E-state index in [1.54, 1.807) is 10.9 Å². The van der Waals surface area contributed by atoms with E-state index in [0.717, 1.165) is 30.2 Å². The van der Waals surface area contributed by atoms with Gasteiger partial charge in [0.15, 0.2) is 5.75 Å². The molecule has 0 spiro atoms. The quantitative estimate of drug-likeness (QED) is 0.880. The van der Waals surface area contributed by atoms with Crippen LogP contribution in [-0.2, 0) is 13.6 Å². The fourth-order valence-electron chi connectivity index (χ4n) is 1.71. The molecule has 0 atom stereocenters. The summed E-state index contributed by atoms with van der Waals surface area (Å²) >= 11 is 0. The monoisotopic (exact) mass is 245 g/mol. The van der Waals surface area contributed by atoms with E-state index in [1.165, 1.54) is 5.56 Å². The Morgan fingerprint density at radius 3 is 2.89 bits per heavy atom. The Hall–Kier alpha value is -1.81. The number of hydrogen-bond donors (Lipinski definition) is 1. The Morgan fingerprint density at radius 2 is 2.22 bits per heavy atom. The Bertz CT molecular complexity index is 520. The maximum atomic E-state index is 5.84. The number of hydrogen-bond acceptors (Lipinski definition) is 3. The van der Waals surface area contributed by atoms with Gasteiger partial charge in [-0.2, -0.15) is 5.10 Å². The van der Waals surface area contributed by atoms with Crippen molar-refractivity contribution in [1.29, 1.82) is 0 Å². The molecule has 1 heterocycles. The molecule has 4 nitrogen and oxygen atoms in total. The van der Waals surface area contributed by atoms with E-state index in [0.29, 0.717) is 0 Å². The molecule has 0 unspecified atom stereocenters. The third-order valence-electron chi connectivity index (χ3n) is 2.74. The lowest BCUT2D eigenvalue weighted by Gasteiger charge is -2.09. The minimum Gasteiger partial charge on any atom is -0.454 e. The van der Waals surface area contributed by atoms with Crippen molar-refractivity contribution >= 4 is 0 Å². The van der Waals surface area contributed by atoms with Crippen LogP contribution in [0.5, 0.6) is 11.5 Å². The first-order chi connectivity index (χ1) is 8.69. The maximum Gasteiger partial charge on any atom is 0.165 e. The molecule has 0 radical (unpaired) electrons. The SMILES string of the molecule is CCNCc1ccc(C)c(Oc2cnn(C)c2)c1. The molecule has 0 aliphatic heterocycles. The molecule has 0 bridgehead atoms. The Morgan fingerprint density at radius 1 is 1.39 bits per heavy atom. The maximum absolute atomic E-state index is 5.84. The summed E-state index contributed by atoms with van der Waals surface area (Å²) in [6.07, 6.45) is 3.58. The van der Waals surface area contributed by atoms with Crippen LogP contribution in [0.25, 0.3) is 0 Å². The van der Waals surface area contributed by atoms with Crippen molar-refractivity contribution in [3.8, 4) is 11.5 Å². The van der Waals surface area contributed by atoms with Gasteiger partial charge in [0, 0.05) is 13.6 Å². The van der Waals surface area contributed by atoms with Crippen molar-refractivity contribution in [2.75, 3.05) is 6.54 Å². The van der Waals surface area contributed by atoms with Crippen LogP contribution in [0.15, 0.2) is 30.6 Å². The second-order valence-corrected chi connectivity index (χ2v) is 4.33. The number of nitrogens with one attached hydrogen (secondary N) is 1. The van der Waals surface area contributed by atoms with Gasteiger partial charge in [0.2, 0.25) is 0 Å². The third kappa shape index (κ3) is 3.11. The van der Waals surface area contributed by atoms with Crippen LogP contribution < -0.4 is 10.1 Å². The van der Waals surface area contributed by atoms with E-state index in [2.05, 4.69) is 35.5 Å². The van der Waals surface area contributed by atoms with Gasteiger partial charge in [-0.1, -0.05) is 19.1 Å². The van der Waals surface area contributed by atoms with Gasteiger partial charge in [0.25, 0.3) is 0 Å². The first-order valence-corrected chi connectivity index (χ1v) is 6.16. The van der Waals surface area contributed by atoms with Crippen molar-refractivity contribution in [2.24, 2.45) is 7.05 Å². The molecule has 2 aromatic rings. The Labute approximate surface area is 108 Å². The van der Waals surface area contributed by atoms with Gasteiger partial charge in [-0.25, -0.2) is 0 Å². The van der Waals surface area contributed by atoms with Gasteiger partial charge < -0.3 is 10.1 Å². The summed E-state index contributed by atoms with van der Waals surface area (Å²) in [7, 11) is 1.88. The Balaban J connectivity index is 2.15. The van der Waals surface area contributed by atoms with Gasteiger partial charge in [-0.05, 0) is 30.7 Å². The van der Waals surface area contributed by atoms with Gasteiger partial charge in [0.1, 0.15) is 5.75 Å². The molecule has 0 aliphatic carbocycles. The van der Waals surface area contributed by atoms with Crippen LogP contribution in [0.1, 0.15) is 18.1 Å². The summed E-state index contributed by atoms with van der Waals surface area (Å²) in [5, 5.41) is 7.40. The minimum atomic E-state index is 0.765. The zero-order valence-electron chi connectivity index (χ0n) is 11.1. The van der Waals surface area contributed by atoms with Crippen molar-refractivity contribution in [2.45, 2.75) is 20.4 Å². The summed E-state index contributed by atoms with van der Waals surface area (Å²) in [6, 6.07) is 6.28. The molecule has 18 heavy (non-hydrogen) atoms. The lowest BCUT2D eigenvalue weighted by molar-refractivity contribution is 0.477. The van der Waals surface area contributed by atoms with Gasteiger partial charge in [0.05, 0.1) is 12.4 Å². The van der Waals surface area contributed by atoms with Gasteiger partial charge in [-0.15, -0.1) is 0 Å². The highest BCUT2D eigenvalue weighted by Crippen LogP contribution is 2.25. The van der Waals surface area contributed by atoms with Crippen molar-refractivity contribution in [3.63, 3.8) is 0 Å². The van der Waals surface area contributed by atoms with Crippen LogP contribution in [0.3, 0.4) is 0 Å². The van der Waals surface area contributed by atoms with Crippen molar-refractivity contribution < 1.29 is 4.74 Å². The number of rotatable bonds is 5. The molecule has 2 rings (SSSR count). The smallest absolute Gasteiger partial charge is 0.165 e. The first kappa shape index (κ1) is 12.6. The predicted molar refractivity (Wildman–Crippen MR) is 71.8 cm³/mol. The average molecular weight is 245 g/mol.